The molecule has 174 valence electrons. The molecule has 4 heterocycles. The first kappa shape index (κ1) is 21.7. The van der Waals surface area contributed by atoms with Gasteiger partial charge in [-0.15, -0.1) is 5.92 Å². The van der Waals surface area contributed by atoms with Crippen LogP contribution in [0.3, 0.4) is 0 Å². The molecular weight excluding hydrogens is 432 g/mol. The zero-order valence-electron chi connectivity index (χ0n) is 19.2. The summed E-state index contributed by atoms with van der Waals surface area (Å²) in [5.74, 6) is 6.64. The van der Waals surface area contributed by atoms with Crippen molar-refractivity contribution in [3.05, 3.63) is 69.1 Å². The fourth-order valence-electron chi connectivity index (χ4n) is 4.27. The highest BCUT2D eigenvalue weighted by molar-refractivity contribution is 5.75. The van der Waals surface area contributed by atoms with Crippen LogP contribution in [-0.4, -0.2) is 54.6 Å². The highest BCUT2D eigenvalue weighted by Gasteiger charge is 2.24. The molecule has 1 aliphatic heterocycles. The van der Waals surface area contributed by atoms with E-state index in [1.165, 1.54) is 9.13 Å². The number of benzene rings is 1. The summed E-state index contributed by atoms with van der Waals surface area (Å²) in [5.41, 5.74) is 1.77. The number of piperazine rings is 1. The lowest BCUT2D eigenvalue weighted by molar-refractivity contribution is 0.572. The lowest BCUT2D eigenvalue weighted by Crippen LogP contribution is -2.44. The molecule has 0 bridgehead atoms. The van der Waals surface area contributed by atoms with Gasteiger partial charge in [0.15, 0.2) is 11.2 Å². The number of imidazole rings is 1. The van der Waals surface area contributed by atoms with Crippen molar-refractivity contribution < 1.29 is 0 Å². The monoisotopic (exact) mass is 458 g/mol. The molecule has 0 amide bonds. The molecule has 1 N–H and O–H groups in total. The first-order chi connectivity index (χ1) is 16.6. The van der Waals surface area contributed by atoms with Crippen molar-refractivity contribution in [3.8, 4) is 17.5 Å². The van der Waals surface area contributed by atoms with E-state index in [0.717, 1.165) is 37.4 Å². The van der Waals surface area contributed by atoms with E-state index in [9.17, 15) is 9.59 Å². The Kier molecular flexibility index (Phi) is 5.77. The van der Waals surface area contributed by atoms with Crippen LogP contribution in [0, 0.1) is 11.8 Å². The van der Waals surface area contributed by atoms with E-state index < -0.39 is 5.69 Å². The second-order valence-electron chi connectivity index (χ2n) is 8.18. The van der Waals surface area contributed by atoms with E-state index in [1.54, 1.807) is 24.9 Å². The van der Waals surface area contributed by atoms with Crippen LogP contribution in [0.15, 0.2) is 52.3 Å². The Morgan fingerprint density at radius 1 is 1.09 bits per heavy atom. The molecule has 10 nitrogen and oxygen atoms in total. The molecule has 34 heavy (non-hydrogen) atoms. The Bertz CT molecular complexity index is 1490. The molecule has 1 aromatic carbocycles. The molecule has 0 radical (unpaired) electrons. The lowest BCUT2D eigenvalue weighted by Gasteiger charge is -2.28. The normalized spacial score (nSPS) is 13.8. The Balaban J connectivity index is 1.60. The summed E-state index contributed by atoms with van der Waals surface area (Å²) in [7, 11) is 1.66. The molecule has 1 aliphatic rings. The zero-order chi connectivity index (χ0) is 23.7. The first-order valence-corrected chi connectivity index (χ1v) is 11.2. The SMILES string of the molecule is CC#CCn1c(N2CCNCC2)nc2c1c(=O)n(Cc1ccc(-n3cccn3)cc1)c(=O)n2C. The van der Waals surface area contributed by atoms with Crippen molar-refractivity contribution >= 4 is 17.1 Å². The third-order valence-corrected chi connectivity index (χ3v) is 6.07. The minimum Gasteiger partial charge on any atom is -0.340 e. The molecule has 10 heteroatoms. The average molecular weight is 459 g/mol. The predicted octanol–water partition coefficient (Wildman–Crippen LogP) is 0.564. The van der Waals surface area contributed by atoms with Gasteiger partial charge in [-0.2, -0.15) is 10.1 Å². The standard InChI is InChI=1S/C24H26N8O2/c1-3-4-13-30-20-21(27-23(30)29-15-11-25-12-16-29)28(2)24(34)31(22(20)33)17-18-6-8-19(9-7-18)32-14-5-10-26-32/h5-10,14,25H,11-13,15-17H2,1-2H3. The van der Waals surface area contributed by atoms with Gasteiger partial charge in [-0.25, -0.2) is 9.48 Å². The molecule has 0 atom stereocenters. The maximum absolute atomic E-state index is 13.6. The van der Waals surface area contributed by atoms with Crippen molar-refractivity contribution in [1.29, 1.82) is 0 Å². The van der Waals surface area contributed by atoms with Crippen LogP contribution in [0.2, 0.25) is 0 Å². The van der Waals surface area contributed by atoms with Crippen LogP contribution < -0.4 is 21.5 Å². The number of nitrogens with zero attached hydrogens (tertiary/aromatic N) is 7. The Labute approximate surface area is 196 Å². The molecule has 5 rings (SSSR count). The molecule has 0 spiro atoms. The van der Waals surface area contributed by atoms with Gasteiger partial charge in [0.2, 0.25) is 5.95 Å². The Morgan fingerprint density at radius 2 is 1.85 bits per heavy atom. The molecule has 4 aromatic rings. The molecule has 1 fully saturated rings. The highest BCUT2D eigenvalue weighted by Crippen LogP contribution is 2.20. The van der Waals surface area contributed by atoms with E-state index in [-0.39, 0.29) is 12.1 Å². The first-order valence-electron chi connectivity index (χ1n) is 11.2. The van der Waals surface area contributed by atoms with Crippen molar-refractivity contribution in [3.63, 3.8) is 0 Å². The smallest absolute Gasteiger partial charge is 0.332 e. The van der Waals surface area contributed by atoms with Gasteiger partial charge in [-0.3, -0.25) is 18.5 Å². The van der Waals surface area contributed by atoms with Crippen molar-refractivity contribution in [1.82, 2.24) is 33.8 Å². The summed E-state index contributed by atoms with van der Waals surface area (Å²) in [4.78, 5) is 33.7. The van der Waals surface area contributed by atoms with Gasteiger partial charge in [0.25, 0.3) is 5.56 Å². The summed E-state index contributed by atoms with van der Waals surface area (Å²) in [6.45, 7) is 5.47. The number of hydrogen-bond acceptors (Lipinski definition) is 6. The number of nitrogens with one attached hydrogen (secondary N) is 1. The predicted molar refractivity (Wildman–Crippen MR) is 130 cm³/mol. The molecule has 3 aromatic heterocycles. The second kappa shape index (κ2) is 9.03. The van der Waals surface area contributed by atoms with Crippen molar-refractivity contribution in [2.75, 3.05) is 31.1 Å². The molecule has 1 saturated heterocycles. The number of aromatic nitrogens is 6. The topological polar surface area (TPSA) is 94.9 Å². The number of anilines is 1. The van der Waals surface area contributed by atoms with Crippen molar-refractivity contribution in [2.45, 2.75) is 20.0 Å². The van der Waals surface area contributed by atoms with Crippen LogP contribution in [0.25, 0.3) is 16.9 Å². The van der Waals surface area contributed by atoms with Gasteiger partial charge >= 0.3 is 5.69 Å². The minimum atomic E-state index is -0.397. The number of fused-ring (bicyclic) bond motifs is 1. The van der Waals surface area contributed by atoms with Gasteiger partial charge < -0.3 is 10.2 Å². The van der Waals surface area contributed by atoms with Crippen molar-refractivity contribution in [2.24, 2.45) is 7.05 Å². The van der Waals surface area contributed by atoms with E-state index >= 15 is 0 Å². The summed E-state index contributed by atoms with van der Waals surface area (Å²) >= 11 is 0. The van der Waals surface area contributed by atoms with Crippen LogP contribution >= 0.6 is 0 Å². The van der Waals surface area contributed by atoms with E-state index in [4.69, 9.17) is 4.98 Å². The van der Waals surface area contributed by atoms with E-state index in [1.807, 2.05) is 41.1 Å². The maximum atomic E-state index is 13.6. The summed E-state index contributed by atoms with van der Waals surface area (Å²) in [6, 6.07) is 9.49. The van der Waals surface area contributed by atoms with Crippen LogP contribution in [0.4, 0.5) is 5.95 Å². The molecule has 0 aliphatic carbocycles. The van der Waals surface area contributed by atoms with Crippen LogP contribution in [0.5, 0.6) is 0 Å². The van der Waals surface area contributed by atoms with Gasteiger partial charge in [-0.05, 0) is 30.7 Å². The minimum absolute atomic E-state index is 0.161. The summed E-state index contributed by atoms with van der Waals surface area (Å²) in [5, 5.41) is 7.56. The Morgan fingerprint density at radius 3 is 2.53 bits per heavy atom. The number of rotatable bonds is 5. The van der Waals surface area contributed by atoms with Crippen LogP contribution in [0.1, 0.15) is 12.5 Å². The Hall–Kier alpha value is -4.10. The fraction of sp³-hybridized carbons (Fsp3) is 0.333. The second-order valence-corrected chi connectivity index (χ2v) is 8.18. The van der Waals surface area contributed by atoms with Gasteiger partial charge in [-0.1, -0.05) is 18.1 Å². The quantitative estimate of drug-likeness (QED) is 0.440. The molecular formula is C24H26N8O2. The fourth-order valence-corrected chi connectivity index (χ4v) is 4.27. The molecule has 0 saturated carbocycles. The highest BCUT2D eigenvalue weighted by atomic mass is 16.2. The summed E-state index contributed by atoms with van der Waals surface area (Å²) in [6.07, 6.45) is 3.58. The van der Waals surface area contributed by atoms with Gasteiger partial charge in [0.05, 0.1) is 18.8 Å². The number of aryl methyl sites for hydroxylation is 1. The number of hydrogen-bond donors (Lipinski definition) is 1. The molecule has 0 unspecified atom stereocenters. The summed E-state index contributed by atoms with van der Waals surface area (Å²) < 4.78 is 6.32. The largest absolute Gasteiger partial charge is 0.340 e. The van der Waals surface area contributed by atoms with Gasteiger partial charge in [0, 0.05) is 45.6 Å². The van der Waals surface area contributed by atoms with E-state index in [0.29, 0.717) is 23.7 Å². The third-order valence-electron chi connectivity index (χ3n) is 6.07. The average Bonchev–Trinajstić information content (AvgIpc) is 3.54. The maximum Gasteiger partial charge on any atom is 0.332 e. The van der Waals surface area contributed by atoms with E-state index in [2.05, 4.69) is 27.2 Å². The third kappa shape index (κ3) is 3.80. The lowest BCUT2D eigenvalue weighted by atomic mass is 10.2. The van der Waals surface area contributed by atoms with Gasteiger partial charge in [0.1, 0.15) is 0 Å². The van der Waals surface area contributed by atoms with Crippen LogP contribution in [-0.2, 0) is 20.1 Å². The zero-order valence-corrected chi connectivity index (χ0v) is 19.2.